The van der Waals surface area contributed by atoms with E-state index < -0.39 is 0 Å². The minimum absolute atomic E-state index is 0.0952. The largest absolute Gasteiger partial charge is 0.337 e. The lowest BCUT2D eigenvalue weighted by Crippen LogP contribution is -2.27. The first-order chi connectivity index (χ1) is 12.9. The molecule has 1 aromatic heterocycles. The lowest BCUT2D eigenvalue weighted by Gasteiger charge is -2.19. The molecule has 0 aliphatic rings. The van der Waals surface area contributed by atoms with Crippen molar-refractivity contribution in [2.75, 3.05) is 13.3 Å². The molecule has 0 aliphatic carbocycles. The number of amides is 1. The number of benzene rings is 2. The summed E-state index contributed by atoms with van der Waals surface area (Å²) in [4.78, 5) is 15.6. The minimum Gasteiger partial charge on any atom is -0.337 e. The van der Waals surface area contributed by atoms with Crippen molar-refractivity contribution in [3.8, 4) is 5.69 Å². The van der Waals surface area contributed by atoms with Crippen LogP contribution in [0.5, 0.6) is 0 Å². The second kappa shape index (κ2) is 8.19. The van der Waals surface area contributed by atoms with Crippen molar-refractivity contribution in [2.24, 2.45) is 0 Å². The summed E-state index contributed by atoms with van der Waals surface area (Å²) in [6.07, 6.45) is 1.98. The van der Waals surface area contributed by atoms with Crippen LogP contribution in [0, 0.1) is 13.8 Å². The molecular formula is C21H22ClN3OS. The Bertz CT molecular complexity index is 969. The fraction of sp³-hybridized carbons (Fsp3) is 0.238. The third-order valence-corrected chi connectivity index (χ3v) is 5.64. The molecule has 0 aliphatic heterocycles. The predicted molar refractivity (Wildman–Crippen MR) is 112 cm³/mol. The van der Waals surface area contributed by atoms with Crippen molar-refractivity contribution in [2.45, 2.75) is 25.3 Å². The Morgan fingerprint density at radius 3 is 2.56 bits per heavy atom. The van der Waals surface area contributed by atoms with Gasteiger partial charge >= 0.3 is 0 Å². The monoisotopic (exact) mass is 399 g/mol. The lowest BCUT2D eigenvalue weighted by molar-refractivity contribution is 0.0784. The Morgan fingerprint density at radius 1 is 1.19 bits per heavy atom. The number of nitrogens with zero attached hydrogens (tertiary/aromatic N) is 3. The summed E-state index contributed by atoms with van der Waals surface area (Å²) < 4.78 is 1.92. The predicted octanol–water partition coefficient (Wildman–Crippen LogP) is 5.14. The van der Waals surface area contributed by atoms with Crippen LogP contribution in [0.2, 0.25) is 5.02 Å². The van der Waals surface area contributed by atoms with E-state index in [-0.39, 0.29) is 5.91 Å². The average Bonchev–Trinajstić information content (AvgIpc) is 2.96. The second-order valence-electron chi connectivity index (χ2n) is 6.40. The molecular weight excluding hydrogens is 378 g/mol. The van der Waals surface area contributed by atoms with Crippen molar-refractivity contribution >= 4 is 29.3 Å². The molecule has 6 heteroatoms. The van der Waals surface area contributed by atoms with Crippen LogP contribution in [-0.4, -0.2) is 33.9 Å². The first-order valence-electron chi connectivity index (χ1n) is 8.62. The van der Waals surface area contributed by atoms with Crippen LogP contribution in [0.25, 0.3) is 5.69 Å². The van der Waals surface area contributed by atoms with Crippen molar-refractivity contribution in [3.05, 3.63) is 76.1 Å². The van der Waals surface area contributed by atoms with Gasteiger partial charge in [0, 0.05) is 29.7 Å². The maximum Gasteiger partial charge on any atom is 0.255 e. The lowest BCUT2D eigenvalue weighted by atomic mass is 10.1. The third kappa shape index (κ3) is 4.04. The number of carbonyl (C=O) groups is 1. The summed E-state index contributed by atoms with van der Waals surface area (Å²) in [6.45, 7) is 4.48. The number of aromatic nitrogens is 2. The first kappa shape index (κ1) is 19.5. The van der Waals surface area contributed by atoms with E-state index in [9.17, 15) is 4.79 Å². The highest BCUT2D eigenvalue weighted by Gasteiger charge is 2.20. The van der Waals surface area contributed by atoms with Crippen molar-refractivity contribution < 1.29 is 4.79 Å². The van der Waals surface area contributed by atoms with Gasteiger partial charge in [0.1, 0.15) is 0 Å². The molecule has 0 radical (unpaired) electrons. The van der Waals surface area contributed by atoms with E-state index >= 15 is 0 Å². The maximum atomic E-state index is 12.9. The maximum absolute atomic E-state index is 12.9. The topological polar surface area (TPSA) is 38.1 Å². The van der Waals surface area contributed by atoms with Gasteiger partial charge in [-0.25, -0.2) is 4.68 Å². The van der Waals surface area contributed by atoms with Crippen LogP contribution in [0.3, 0.4) is 0 Å². The first-order valence-corrected chi connectivity index (χ1v) is 10.2. The Morgan fingerprint density at radius 2 is 1.89 bits per heavy atom. The van der Waals surface area contributed by atoms with Gasteiger partial charge < -0.3 is 4.90 Å². The Kier molecular flexibility index (Phi) is 5.92. The Labute approximate surface area is 169 Å². The second-order valence-corrected chi connectivity index (χ2v) is 7.69. The van der Waals surface area contributed by atoms with Gasteiger partial charge in [-0.2, -0.15) is 5.10 Å². The number of carbonyl (C=O) groups excluding carboxylic acids is 1. The van der Waals surface area contributed by atoms with Gasteiger partial charge in [0.05, 0.1) is 22.0 Å². The van der Waals surface area contributed by atoms with Crippen molar-refractivity contribution in [3.63, 3.8) is 0 Å². The normalized spacial score (nSPS) is 10.9. The van der Waals surface area contributed by atoms with Gasteiger partial charge in [-0.05, 0) is 50.4 Å². The SMILES string of the molecule is CSc1ccc(Cl)c(C(=O)N(C)Cc2c(C)nn(-c3ccccc3)c2C)c1. The molecule has 140 valence electrons. The standard InChI is InChI=1S/C21H22ClN3OS/c1-14-19(15(2)25(23-14)16-8-6-5-7-9-16)13-24(3)21(26)18-12-17(27-4)10-11-20(18)22/h5-12H,13H2,1-4H3. The molecule has 1 amide bonds. The third-order valence-electron chi connectivity index (χ3n) is 4.59. The van der Waals surface area contributed by atoms with Gasteiger partial charge in [0.15, 0.2) is 0 Å². The molecule has 0 unspecified atom stereocenters. The number of hydrogen-bond donors (Lipinski definition) is 0. The molecule has 0 atom stereocenters. The Balaban J connectivity index is 1.87. The fourth-order valence-corrected chi connectivity index (χ4v) is 3.67. The van der Waals surface area contributed by atoms with E-state index in [1.807, 2.05) is 67.2 Å². The number of para-hydroxylation sites is 1. The average molecular weight is 400 g/mol. The van der Waals surface area contributed by atoms with E-state index in [4.69, 9.17) is 11.6 Å². The number of rotatable bonds is 5. The highest BCUT2D eigenvalue weighted by atomic mass is 35.5. The zero-order valence-electron chi connectivity index (χ0n) is 15.9. The summed E-state index contributed by atoms with van der Waals surface area (Å²) in [6, 6.07) is 15.5. The van der Waals surface area contributed by atoms with Crippen molar-refractivity contribution in [1.29, 1.82) is 0 Å². The van der Waals surface area contributed by atoms with Crippen LogP contribution in [0.1, 0.15) is 27.3 Å². The number of hydrogen-bond acceptors (Lipinski definition) is 3. The summed E-state index contributed by atoms with van der Waals surface area (Å²) in [5.41, 5.74) is 4.53. The molecule has 1 heterocycles. The van der Waals surface area contributed by atoms with Crippen LogP contribution >= 0.6 is 23.4 Å². The van der Waals surface area contributed by atoms with E-state index in [0.29, 0.717) is 17.1 Å². The molecule has 0 saturated carbocycles. The number of halogens is 1. The minimum atomic E-state index is -0.0952. The van der Waals surface area contributed by atoms with Crippen LogP contribution in [-0.2, 0) is 6.54 Å². The van der Waals surface area contributed by atoms with Gasteiger partial charge in [0.25, 0.3) is 5.91 Å². The smallest absolute Gasteiger partial charge is 0.255 e. The summed E-state index contributed by atoms with van der Waals surface area (Å²) >= 11 is 7.86. The zero-order valence-corrected chi connectivity index (χ0v) is 17.4. The van der Waals surface area contributed by atoms with Gasteiger partial charge in [0.2, 0.25) is 0 Å². The molecule has 0 bridgehead atoms. The van der Waals surface area contributed by atoms with Crippen LogP contribution < -0.4 is 0 Å². The molecule has 0 fully saturated rings. The molecule has 3 rings (SSSR count). The summed E-state index contributed by atoms with van der Waals surface area (Å²) in [5.74, 6) is -0.0952. The van der Waals surface area contributed by atoms with Crippen LogP contribution in [0.15, 0.2) is 53.4 Å². The van der Waals surface area contributed by atoms with Gasteiger partial charge in [-0.3, -0.25) is 4.79 Å². The number of aryl methyl sites for hydroxylation is 1. The van der Waals surface area contributed by atoms with Crippen molar-refractivity contribution in [1.82, 2.24) is 14.7 Å². The highest BCUT2D eigenvalue weighted by molar-refractivity contribution is 7.98. The Hall–Kier alpha value is -2.24. The molecule has 0 N–H and O–H groups in total. The molecule has 2 aromatic carbocycles. The molecule has 4 nitrogen and oxygen atoms in total. The molecule has 27 heavy (non-hydrogen) atoms. The zero-order chi connectivity index (χ0) is 19.6. The number of thioether (sulfide) groups is 1. The molecule has 3 aromatic rings. The van der Waals surface area contributed by atoms with Crippen LogP contribution in [0.4, 0.5) is 0 Å². The van der Waals surface area contributed by atoms with Gasteiger partial charge in [-0.15, -0.1) is 11.8 Å². The van der Waals surface area contributed by atoms with Gasteiger partial charge in [-0.1, -0.05) is 29.8 Å². The molecule has 0 spiro atoms. The van der Waals surface area contributed by atoms with E-state index in [0.717, 1.165) is 27.5 Å². The van der Waals surface area contributed by atoms with E-state index in [2.05, 4.69) is 5.10 Å². The van der Waals surface area contributed by atoms with E-state index in [1.165, 1.54) is 0 Å². The molecule has 0 saturated heterocycles. The summed E-state index contributed by atoms with van der Waals surface area (Å²) in [5, 5.41) is 5.13. The quantitative estimate of drug-likeness (QED) is 0.558. The fourth-order valence-electron chi connectivity index (χ4n) is 3.03. The van der Waals surface area contributed by atoms with E-state index in [1.54, 1.807) is 29.8 Å². The highest BCUT2D eigenvalue weighted by Crippen LogP contribution is 2.25. The summed E-state index contributed by atoms with van der Waals surface area (Å²) in [7, 11) is 1.79.